The van der Waals surface area contributed by atoms with Gasteiger partial charge in [0.2, 0.25) is 0 Å². The second-order valence-electron chi connectivity index (χ2n) is 4.81. The highest BCUT2D eigenvalue weighted by Crippen LogP contribution is 2.32. The molecule has 1 aromatic heterocycles. The molecule has 0 radical (unpaired) electrons. The quantitative estimate of drug-likeness (QED) is 0.922. The maximum atomic E-state index is 12.6. The Morgan fingerprint density at radius 1 is 1.23 bits per heavy atom. The van der Waals surface area contributed by atoms with E-state index >= 15 is 0 Å². The molecule has 114 valence electrons. The minimum absolute atomic E-state index is 0.170. The lowest BCUT2D eigenvalue weighted by Crippen LogP contribution is -2.17. The molecular formula is C14H11F3N4O. The summed E-state index contributed by atoms with van der Waals surface area (Å²) in [5.74, 6) is -0.690. The predicted octanol–water partition coefficient (Wildman–Crippen LogP) is 2.10. The third-order valence-electron chi connectivity index (χ3n) is 3.38. The van der Waals surface area contributed by atoms with E-state index in [1.54, 1.807) is 4.68 Å². The number of alkyl halides is 3. The molecule has 1 aliphatic rings. The Kier molecular flexibility index (Phi) is 3.23. The van der Waals surface area contributed by atoms with Crippen LogP contribution in [0.4, 0.5) is 13.2 Å². The monoisotopic (exact) mass is 308 g/mol. The topological polar surface area (TPSA) is 73.3 Å². The number of benzene rings is 1. The van der Waals surface area contributed by atoms with Gasteiger partial charge in [0.15, 0.2) is 0 Å². The number of amides is 1. The van der Waals surface area contributed by atoms with Gasteiger partial charge in [-0.3, -0.25) is 14.5 Å². The van der Waals surface area contributed by atoms with Crippen LogP contribution in [0.15, 0.2) is 29.3 Å². The Morgan fingerprint density at radius 2 is 1.91 bits per heavy atom. The molecule has 0 spiro atoms. The van der Waals surface area contributed by atoms with Crippen molar-refractivity contribution >= 4 is 12.1 Å². The van der Waals surface area contributed by atoms with Gasteiger partial charge in [-0.25, -0.2) is 0 Å². The van der Waals surface area contributed by atoms with E-state index in [-0.39, 0.29) is 11.3 Å². The summed E-state index contributed by atoms with van der Waals surface area (Å²) in [4.78, 5) is 15.8. The third-order valence-corrected chi connectivity index (χ3v) is 3.38. The number of halogens is 3. The molecular weight excluding hydrogens is 297 g/mol. The molecule has 0 saturated heterocycles. The Hall–Kier alpha value is -2.64. The van der Waals surface area contributed by atoms with Crippen molar-refractivity contribution in [2.45, 2.75) is 12.7 Å². The highest BCUT2D eigenvalue weighted by molar-refractivity contribution is 6.05. The number of hydrogen-bond donors (Lipinski definition) is 1. The van der Waals surface area contributed by atoms with Gasteiger partial charge in [0.05, 0.1) is 29.9 Å². The van der Waals surface area contributed by atoms with E-state index in [0.717, 1.165) is 12.1 Å². The van der Waals surface area contributed by atoms with Gasteiger partial charge >= 0.3 is 6.18 Å². The van der Waals surface area contributed by atoms with Gasteiger partial charge in [-0.2, -0.15) is 18.3 Å². The Morgan fingerprint density at radius 3 is 2.50 bits per heavy atom. The van der Waals surface area contributed by atoms with Crippen LogP contribution in [0.2, 0.25) is 0 Å². The van der Waals surface area contributed by atoms with E-state index in [1.165, 1.54) is 18.3 Å². The Balaban J connectivity index is 2.11. The predicted molar refractivity (Wildman–Crippen MR) is 73.6 cm³/mol. The van der Waals surface area contributed by atoms with Gasteiger partial charge in [-0.05, 0) is 12.1 Å². The number of nitrogens with two attached hydrogens (primary N) is 1. The number of carbonyl (C=O) groups is 1. The highest BCUT2D eigenvalue weighted by Gasteiger charge is 2.30. The maximum Gasteiger partial charge on any atom is 0.416 e. The van der Waals surface area contributed by atoms with Crippen LogP contribution in [0.1, 0.15) is 21.6 Å². The number of aromatic nitrogens is 2. The molecule has 0 bridgehead atoms. The van der Waals surface area contributed by atoms with E-state index in [0.29, 0.717) is 24.3 Å². The molecule has 0 fully saturated rings. The number of nitrogens with zero attached hydrogens (tertiary/aromatic N) is 3. The van der Waals surface area contributed by atoms with Gasteiger partial charge in [0, 0.05) is 11.8 Å². The molecule has 2 N–H and O–H groups in total. The zero-order chi connectivity index (χ0) is 15.9. The van der Waals surface area contributed by atoms with Crippen molar-refractivity contribution in [2.75, 3.05) is 6.54 Å². The van der Waals surface area contributed by atoms with E-state index in [2.05, 4.69) is 10.1 Å². The largest absolute Gasteiger partial charge is 0.416 e. The van der Waals surface area contributed by atoms with Crippen LogP contribution in [0, 0.1) is 0 Å². The summed E-state index contributed by atoms with van der Waals surface area (Å²) in [6.45, 7) is 1.02. The lowest BCUT2D eigenvalue weighted by Gasteiger charge is -2.07. The van der Waals surface area contributed by atoms with Gasteiger partial charge < -0.3 is 5.73 Å². The Labute approximate surface area is 123 Å². The first-order valence-corrected chi connectivity index (χ1v) is 6.46. The molecule has 0 saturated carbocycles. The summed E-state index contributed by atoms with van der Waals surface area (Å²) < 4.78 is 39.4. The fraction of sp³-hybridized carbons (Fsp3) is 0.214. The molecule has 2 aromatic rings. The first kappa shape index (κ1) is 14.3. The van der Waals surface area contributed by atoms with Gasteiger partial charge in [0.1, 0.15) is 5.69 Å². The molecule has 1 aromatic carbocycles. The Bertz CT molecular complexity index is 760. The van der Waals surface area contributed by atoms with Crippen LogP contribution in [0.5, 0.6) is 0 Å². The number of aliphatic imine (C=N–C) groups is 1. The van der Waals surface area contributed by atoms with Crippen molar-refractivity contribution in [1.82, 2.24) is 9.78 Å². The molecule has 3 rings (SSSR count). The molecule has 0 unspecified atom stereocenters. The molecule has 0 aliphatic carbocycles. The molecule has 5 nitrogen and oxygen atoms in total. The van der Waals surface area contributed by atoms with Crippen molar-refractivity contribution in [2.24, 2.45) is 10.7 Å². The van der Waals surface area contributed by atoms with Crippen LogP contribution in [0.25, 0.3) is 11.3 Å². The third kappa shape index (κ3) is 2.36. The molecule has 2 heterocycles. The number of rotatable bonds is 2. The zero-order valence-electron chi connectivity index (χ0n) is 11.3. The summed E-state index contributed by atoms with van der Waals surface area (Å²) in [6, 6.07) is 4.46. The van der Waals surface area contributed by atoms with E-state index in [1.807, 2.05) is 0 Å². The first-order valence-electron chi connectivity index (χ1n) is 6.46. The van der Waals surface area contributed by atoms with Gasteiger partial charge in [0.25, 0.3) is 5.91 Å². The van der Waals surface area contributed by atoms with Crippen LogP contribution >= 0.6 is 0 Å². The van der Waals surface area contributed by atoms with E-state index in [9.17, 15) is 18.0 Å². The lowest BCUT2D eigenvalue weighted by atomic mass is 10.0. The SMILES string of the molecule is NC(=O)c1c(-c2ccc(C(F)(F)F)cc2)nn2c1C=NCC2. The number of carbonyl (C=O) groups excluding carboxylic acids is 1. The molecule has 22 heavy (non-hydrogen) atoms. The summed E-state index contributed by atoms with van der Waals surface area (Å²) in [5, 5.41) is 4.28. The number of fused-ring (bicyclic) bond motifs is 1. The van der Waals surface area contributed by atoms with Gasteiger partial charge in [-0.1, -0.05) is 12.1 Å². The highest BCUT2D eigenvalue weighted by atomic mass is 19.4. The van der Waals surface area contributed by atoms with Crippen molar-refractivity contribution in [1.29, 1.82) is 0 Å². The fourth-order valence-electron chi connectivity index (χ4n) is 2.34. The molecule has 1 aliphatic heterocycles. The van der Waals surface area contributed by atoms with Crippen molar-refractivity contribution < 1.29 is 18.0 Å². The minimum atomic E-state index is -4.41. The number of hydrogen-bond acceptors (Lipinski definition) is 3. The zero-order valence-corrected chi connectivity index (χ0v) is 11.3. The van der Waals surface area contributed by atoms with Crippen molar-refractivity contribution in [3.8, 4) is 11.3 Å². The average molecular weight is 308 g/mol. The van der Waals surface area contributed by atoms with Crippen LogP contribution in [-0.4, -0.2) is 28.4 Å². The normalized spacial score (nSPS) is 14.0. The summed E-state index contributed by atoms with van der Waals surface area (Å²) in [6.07, 6.45) is -2.91. The van der Waals surface area contributed by atoms with Crippen LogP contribution in [-0.2, 0) is 12.7 Å². The van der Waals surface area contributed by atoms with Crippen LogP contribution in [0.3, 0.4) is 0 Å². The first-order chi connectivity index (χ1) is 10.4. The molecule has 0 atom stereocenters. The summed E-state index contributed by atoms with van der Waals surface area (Å²) in [5.41, 5.74) is 5.94. The van der Waals surface area contributed by atoms with Gasteiger partial charge in [-0.15, -0.1) is 0 Å². The molecule has 8 heteroatoms. The van der Waals surface area contributed by atoms with Crippen molar-refractivity contribution in [3.63, 3.8) is 0 Å². The maximum absolute atomic E-state index is 12.6. The molecule has 1 amide bonds. The summed E-state index contributed by atoms with van der Waals surface area (Å²) in [7, 11) is 0. The van der Waals surface area contributed by atoms with Crippen LogP contribution < -0.4 is 5.73 Å². The second kappa shape index (κ2) is 4.97. The van der Waals surface area contributed by atoms with E-state index < -0.39 is 17.6 Å². The summed E-state index contributed by atoms with van der Waals surface area (Å²) >= 11 is 0. The smallest absolute Gasteiger partial charge is 0.365 e. The lowest BCUT2D eigenvalue weighted by molar-refractivity contribution is -0.137. The average Bonchev–Trinajstić information content (AvgIpc) is 2.86. The fourth-order valence-corrected chi connectivity index (χ4v) is 2.34. The second-order valence-corrected chi connectivity index (χ2v) is 4.81. The van der Waals surface area contributed by atoms with Crippen molar-refractivity contribution in [3.05, 3.63) is 41.1 Å². The standard InChI is InChI=1S/C14H11F3N4O/c15-14(16,17)9-3-1-8(2-4-9)12-11(13(18)22)10-7-19-5-6-21(10)20-12/h1-4,7H,5-6H2,(H2,18,22). The number of primary amides is 1. The van der Waals surface area contributed by atoms with E-state index in [4.69, 9.17) is 5.73 Å². The minimum Gasteiger partial charge on any atom is -0.365 e.